The first-order valence-corrected chi connectivity index (χ1v) is 6.11. The van der Waals surface area contributed by atoms with Gasteiger partial charge >= 0.3 is 0 Å². The summed E-state index contributed by atoms with van der Waals surface area (Å²) in [6.45, 7) is 3.61. The van der Waals surface area contributed by atoms with Gasteiger partial charge in [0.1, 0.15) is 5.75 Å². The van der Waals surface area contributed by atoms with Gasteiger partial charge in [-0.05, 0) is 37.1 Å². The number of aromatic hydroxyl groups is 2. The van der Waals surface area contributed by atoms with Crippen LogP contribution in [0, 0.1) is 13.8 Å². The highest BCUT2D eigenvalue weighted by molar-refractivity contribution is 5.68. The molecule has 0 aromatic heterocycles. The first-order chi connectivity index (χ1) is 9.51. The highest BCUT2D eigenvalue weighted by Gasteiger charge is 2.27. The smallest absolute Gasteiger partial charge is 0.215 e. The van der Waals surface area contributed by atoms with Crippen LogP contribution in [0.5, 0.6) is 40.2 Å². The maximum atomic E-state index is 9.91. The zero-order chi connectivity index (χ0) is 14.4. The Balaban J connectivity index is 2.19. The van der Waals surface area contributed by atoms with Crippen molar-refractivity contribution in [1.82, 2.24) is 0 Å². The first kappa shape index (κ1) is 12.5. The van der Waals surface area contributed by atoms with Crippen LogP contribution in [0.25, 0.3) is 0 Å². The predicted octanol–water partition coefficient (Wildman–Crippen LogP) is 3.62. The van der Waals surface area contributed by atoms with Gasteiger partial charge in [0.15, 0.2) is 23.0 Å². The molecule has 1 heterocycles. The predicted molar refractivity (Wildman–Crippen MR) is 72.4 cm³/mol. The summed E-state index contributed by atoms with van der Waals surface area (Å²) < 4.78 is 16.7. The van der Waals surface area contributed by atoms with E-state index in [4.69, 9.17) is 14.2 Å². The second-order valence-corrected chi connectivity index (χ2v) is 4.70. The molecule has 2 aromatic carbocycles. The molecule has 2 N–H and O–H groups in total. The summed E-state index contributed by atoms with van der Waals surface area (Å²) in [5.74, 6) is 1.63. The number of rotatable bonds is 1. The van der Waals surface area contributed by atoms with Gasteiger partial charge in [-0.3, -0.25) is 0 Å². The number of fused-ring (bicyclic) bond motifs is 2. The third kappa shape index (κ3) is 1.71. The maximum absolute atomic E-state index is 9.91. The second-order valence-electron chi connectivity index (χ2n) is 4.70. The zero-order valence-corrected chi connectivity index (χ0v) is 11.4. The van der Waals surface area contributed by atoms with E-state index in [9.17, 15) is 10.2 Å². The Labute approximate surface area is 116 Å². The van der Waals surface area contributed by atoms with Crippen molar-refractivity contribution in [2.45, 2.75) is 13.8 Å². The van der Waals surface area contributed by atoms with Crippen molar-refractivity contribution in [2.75, 3.05) is 7.11 Å². The molecule has 2 aromatic rings. The van der Waals surface area contributed by atoms with Gasteiger partial charge in [0.25, 0.3) is 0 Å². The van der Waals surface area contributed by atoms with E-state index in [-0.39, 0.29) is 17.2 Å². The summed E-state index contributed by atoms with van der Waals surface area (Å²) >= 11 is 0. The van der Waals surface area contributed by atoms with E-state index in [2.05, 4.69) is 0 Å². The third-order valence-electron chi connectivity index (χ3n) is 3.24. The summed E-state index contributed by atoms with van der Waals surface area (Å²) in [7, 11) is 1.58. The second kappa shape index (κ2) is 4.23. The standard InChI is InChI=1S/C15H14O5/c1-7-4-9(18-3)6-11-13(7)20-15-12(17)10(16)5-8(2)14(15)19-11/h4-6,16-17H,1-3H3. The fourth-order valence-corrected chi connectivity index (χ4v) is 2.21. The molecule has 0 spiro atoms. The van der Waals surface area contributed by atoms with Crippen LogP contribution < -0.4 is 14.2 Å². The fraction of sp³-hybridized carbons (Fsp3) is 0.200. The molecule has 0 saturated carbocycles. The molecule has 1 aliphatic rings. The van der Waals surface area contributed by atoms with Crippen molar-refractivity contribution in [2.24, 2.45) is 0 Å². The Kier molecular flexibility index (Phi) is 2.64. The lowest BCUT2D eigenvalue weighted by molar-refractivity contribution is 0.319. The largest absolute Gasteiger partial charge is 0.504 e. The number of benzene rings is 2. The highest BCUT2D eigenvalue weighted by Crippen LogP contribution is 2.55. The molecule has 0 unspecified atom stereocenters. The van der Waals surface area contributed by atoms with Crippen molar-refractivity contribution in [3.63, 3.8) is 0 Å². The number of hydrogen-bond acceptors (Lipinski definition) is 5. The normalized spacial score (nSPS) is 11.9. The summed E-state index contributed by atoms with van der Waals surface area (Å²) in [6, 6.07) is 4.95. The number of phenols is 2. The molecule has 5 heteroatoms. The Morgan fingerprint density at radius 1 is 0.900 bits per heavy atom. The average molecular weight is 274 g/mol. The first-order valence-electron chi connectivity index (χ1n) is 6.11. The lowest BCUT2D eigenvalue weighted by atomic mass is 10.1. The van der Waals surface area contributed by atoms with Gasteiger partial charge in [0.05, 0.1) is 7.11 Å². The van der Waals surface area contributed by atoms with Crippen LogP contribution in [0.3, 0.4) is 0 Å². The maximum Gasteiger partial charge on any atom is 0.215 e. The summed E-state index contributed by atoms with van der Waals surface area (Å²) in [5, 5.41) is 19.6. The van der Waals surface area contributed by atoms with Crippen LogP contribution in [-0.2, 0) is 0 Å². The summed E-state index contributed by atoms with van der Waals surface area (Å²) in [6.07, 6.45) is 0. The van der Waals surface area contributed by atoms with Crippen molar-refractivity contribution in [3.05, 3.63) is 29.3 Å². The summed E-state index contributed by atoms with van der Waals surface area (Å²) in [5.41, 5.74) is 1.48. The molecular weight excluding hydrogens is 260 g/mol. The van der Waals surface area contributed by atoms with Gasteiger partial charge in [-0.1, -0.05) is 0 Å². The van der Waals surface area contributed by atoms with Crippen LogP contribution in [0.2, 0.25) is 0 Å². The Hall–Kier alpha value is -2.56. The quantitative estimate of drug-likeness (QED) is 0.663. The Morgan fingerprint density at radius 2 is 1.60 bits per heavy atom. The van der Waals surface area contributed by atoms with E-state index >= 15 is 0 Å². The minimum Gasteiger partial charge on any atom is -0.504 e. The van der Waals surface area contributed by atoms with Crippen LogP contribution in [0.1, 0.15) is 11.1 Å². The van der Waals surface area contributed by atoms with Gasteiger partial charge < -0.3 is 24.4 Å². The van der Waals surface area contributed by atoms with Crippen LogP contribution >= 0.6 is 0 Å². The molecule has 1 aliphatic heterocycles. The Bertz CT molecular complexity index is 706. The van der Waals surface area contributed by atoms with E-state index in [1.807, 2.05) is 6.92 Å². The number of aryl methyl sites for hydroxylation is 2. The number of ether oxygens (including phenoxy) is 3. The molecule has 0 atom stereocenters. The fourth-order valence-electron chi connectivity index (χ4n) is 2.21. The molecule has 5 nitrogen and oxygen atoms in total. The lowest BCUT2D eigenvalue weighted by Gasteiger charge is -2.24. The molecule has 0 radical (unpaired) electrons. The SMILES string of the molecule is COc1cc(C)c2c(c1)Oc1c(C)cc(O)c(O)c1O2. The van der Waals surface area contributed by atoms with Gasteiger partial charge in [0.2, 0.25) is 11.5 Å². The van der Waals surface area contributed by atoms with E-state index in [0.717, 1.165) is 5.56 Å². The molecule has 0 amide bonds. The van der Waals surface area contributed by atoms with Crippen molar-refractivity contribution < 1.29 is 24.4 Å². The van der Waals surface area contributed by atoms with Gasteiger partial charge in [-0.2, -0.15) is 0 Å². The molecule has 104 valence electrons. The van der Waals surface area contributed by atoms with E-state index in [0.29, 0.717) is 28.6 Å². The van der Waals surface area contributed by atoms with Crippen molar-refractivity contribution >= 4 is 0 Å². The molecule has 3 rings (SSSR count). The molecular formula is C15H14O5. The van der Waals surface area contributed by atoms with Gasteiger partial charge in [-0.25, -0.2) is 0 Å². The molecule has 0 bridgehead atoms. The minimum absolute atomic E-state index is 0.128. The van der Waals surface area contributed by atoms with E-state index in [1.54, 1.807) is 26.2 Å². The van der Waals surface area contributed by atoms with Crippen LogP contribution in [-0.4, -0.2) is 17.3 Å². The third-order valence-corrected chi connectivity index (χ3v) is 3.24. The van der Waals surface area contributed by atoms with Crippen molar-refractivity contribution in [3.8, 4) is 40.2 Å². The van der Waals surface area contributed by atoms with Crippen LogP contribution in [0.15, 0.2) is 18.2 Å². The molecule has 0 aliphatic carbocycles. The zero-order valence-electron chi connectivity index (χ0n) is 11.4. The number of hydrogen-bond donors (Lipinski definition) is 2. The van der Waals surface area contributed by atoms with E-state index < -0.39 is 0 Å². The highest BCUT2D eigenvalue weighted by atomic mass is 16.6. The average Bonchev–Trinajstić information content (AvgIpc) is 2.43. The Morgan fingerprint density at radius 3 is 2.30 bits per heavy atom. The monoisotopic (exact) mass is 274 g/mol. The van der Waals surface area contributed by atoms with Crippen molar-refractivity contribution in [1.29, 1.82) is 0 Å². The topological polar surface area (TPSA) is 68.2 Å². The van der Waals surface area contributed by atoms with Gasteiger partial charge in [0, 0.05) is 6.07 Å². The summed E-state index contributed by atoms with van der Waals surface area (Å²) in [4.78, 5) is 0. The molecule has 20 heavy (non-hydrogen) atoms. The number of methoxy groups -OCH3 is 1. The van der Waals surface area contributed by atoms with Crippen LogP contribution in [0.4, 0.5) is 0 Å². The molecule has 0 fully saturated rings. The van der Waals surface area contributed by atoms with Gasteiger partial charge in [-0.15, -0.1) is 0 Å². The lowest BCUT2D eigenvalue weighted by Crippen LogP contribution is -2.03. The molecule has 0 saturated heterocycles. The minimum atomic E-state index is -0.327. The van der Waals surface area contributed by atoms with E-state index in [1.165, 1.54) is 6.07 Å². The number of phenolic OH excluding ortho intramolecular Hbond substituents is 2.